The highest BCUT2D eigenvalue weighted by molar-refractivity contribution is 6.24. The zero-order valence-corrected chi connectivity index (χ0v) is 22.0. The number of aryl methyl sites for hydroxylation is 1. The number of rotatable bonds is 6. The first-order valence-corrected chi connectivity index (χ1v) is 12.3. The molecular weight excluding hydrogens is 494 g/mol. The van der Waals surface area contributed by atoms with E-state index in [9.17, 15) is 39.6 Å². The number of likely N-dealkylation sites (N-methyl/N-ethyl adjacent to an activating group) is 1. The largest absolute Gasteiger partial charge is 0.508 e. The molecule has 3 aliphatic rings. The Labute approximate surface area is 219 Å². The molecule has 1 aromatic rings. The molecule has 0 bridgehead atoms. The van der Waals surface area contributed by atoms with E-state index in [0.717, 1.165) is 0 Å². The lowest BCUT2D eigenvalue weighted by atomic mass is 9.57. The summed E-state index contributed by atoms with van der Waals surface area (Å²) in [6.07, 6.45) is 0.585. The van der Waals surface area contributed by atoms with Crippen molar-refractivity contribution in [2.75, 3.05) is 33.1 Å². The quantitative estimate of drug-likeness (QED) is 0.328. The van der Waals surface area contributed by atoms with Crippen LogP contribution in [0.3, 0.4) is 0 Å². The maximum absolute atomic E-state index is 13.9. The Bertz CT molecular complexity index is 1340. The fourth-order valence-corrected chi connectivity index (χ4v) is 6.25. The summed E-state index contributed by atoms with van der Waals surface area (Å²) >= 11 is 0. The van der Waals surface area contributed by atoms with E-state index in [1.54, 1.807) is 39.2 Å². The van der Waals surface area contributed by atoms with Gasteiger partial charge in [-0.25, -0.2) is 0 Å². The van der Waals surface area contributed by atoms with Crippen LogP contribution in [0.4, 0.5) is 5.69 Å². The summed E-state index contributed by atoms with van der Waals surface area (Å²) in [5.74, 6) is -6.95. The number of aliphatic hydroxyl groups is 3. The predicted molar refractivity (Wildman–Crippen MR) is 138 cm³/mol. The monoisotopic (exact) mass is 527 g/mol. The van der Waals surface area contributed by atoms with Crippen LogP contribution in [-0.2, 0) is 32.0 Å². The molecular formula is C27H33N3O8. The van der Waals surface area contributed by atoms with Gasteiger partial charge in [-0.15, -0.1) is 0 Å². The average Bonchev–Trinajstić information content (AvgIpc) is 2.80. The molecule has 0 spiro atoms. The number of amides is 1. The number of nitrogens with two attached hydrogens (primary N) is 1. The van der Waals surface area contributed by atoms with Crippen LogP contribution in [-0.4, -0.2) is 88.4 Å². The number of hydrogen-bond donors (Lipinski definition) is 5. The number of Topliss-reactive ketones (excluding diaryl/α,β-unsaturated/α-hetero) is 3. The van der Waals surface area contributed by atoms with Crippen LogP contribution in [0.1, 0.15) is 36.5 Å². The van der Waals surface area contributed by atoms with Gasteiger partial charge in [0.15, 0.2) is 11.4 Å². The lowest BCUT2D eigenvalue weighted by molar-refractivity contribution is -0.153. The standard InChI is InChI=1S/C27H33N3O8/c1-11(31)6-7-12-10-16(29(2)3)14-8-13-9-15-20(30(4)5)23(34)19(26(28)37)25(36)27(15,38)24(35)17(13)22(33)18(14)21(12)32/h10,13,15,20,32-33,36,38H,6-9H2,1-5H3,(H2,28,37)/t13?,15?,20-,27+/m1/s1. The third kappa shape index (κ3) is 3.80. The molecule has 1 amide bonds. The highest BCUT2D eigenvalue weighted by atomic mass is 16.3. The number of phenols is 1. The number of carbonyl (C=O) groups excluding carboxylic acids is 4. The third-order valence-corrected chi connectivity index (χ3v) is 8.00. The van der Waals surface area contributed by atoms with Gasteiger partial charge in [-0.3, -0.25) is 19.3 Å². The number of aliphatic hydroxyl groups excluding tert-OH is 2. The lowest BCUT2D eigenvalue weighted by Crippen LogP contribution is -2.65. The Balaban J connectivity index is 1.97. The van der Waals surface area contributed by atoms with Crippen molar-refractivity contribution in [3.63, 3.8) is 0 Å². The molecule has 3 aliphatic carbocycles. The minimum Gasteiger partial charge on any atom is -0.508 e. The van der Waals surface area contributed by atoms with E-state index < -0.39 is 58.0 Å². The minimum atomic E-state index is -2.68. The molecule has 0 saturated heterocycles. The van der Waals surface area contributed by atoms with E-state index in [0.29, 0.717) is 16.8 Å². The molecule has 4 atom stereocenters. The van der Waals surface area contributed by atoms with Crippen LogP contribution >= 0.6 is 0 Å². The van der Waals surface area contributed by atoms with Crippen molar-refractivity contribution in [2.45, 2.75) is 44.2 Å². The maximum atomic E-state index is 13.9. The molecule has 0 heterocycles. The zero-order chi connectivity index (χ0) is 28.4. The second-order valence-electron chi connectivity index (χ2n) is 10.8. The van der Waals surface area contributed by atoms with Crippen LogP contribution in [0.5, 0.6) is 5.75 Å². The summed E-state index contributed by atoms with van der Waals surface area (Å²) in [5.41, 5.74) is 3.28. The number of aromatic hydroxyl groups is 1. The van der Waals surface area contributed by atoms with E-state index in [1.165, 1.54) is 11.8 Å². The van der Waals surface area contributed by atoms with Crippen LogP contribution < -0.4 is 10.6 Å². The van der Waals surface area contributed by atoms with Gasteiger partial charge in [-0.05, 0) is 63.4 Å². The summed E-state index contributed by atoms with van der Waals surface area (Å²) < 4.78 is 0. The van der Waals surface area contributed by atoms with Crippen LogP contribution in [0.2, 0.25) is 0 Å². The van der Waals surface area contributed by atoms with Gasteiger partial charge in [0.05, 0.1) is 11.6 Å². The first-order chi connectivity index (χ1) is 17.6. The maximum Gasteiger partial charge on any atom is 0.255 e. The minimum absolute atomic E-state index is 0.0193. The summed E-state index contributed by atoms with van der Waals surface area (Å²) in [6.45, 7) is 1.43. The number of nitrogens with zero attached hydrogens (tertiary/aromatic N) is 2. The molecule has 2 unspecified atom stereocenters. The van der Waals surface area contributed by atoms with E-state index in [4.69, 9.17) is 5.73 Å². The zero-order valence-electron chi connectivity index (χ0n) is 22.0. The fourth-order valence-electron chi connectivity index (χ4n) is 6.25. The summed E-state index contributed by atoms with van der Waals surface area (Å²) in [7, 11) is 6.69. The summed E-state index contributed by atoms with van der Waals surface area (Å²) in [6, 6.07) is 0.611. The van der Waals surface area contributed by atoms with Crippen LogP contribution in [0.15, 0.2) is 23.0 Å². The fraction of sp³-hybridized carbons (Fsp3) is 0.481. The third-order valence-electron chi connectivity index (χ3n) is 8.00. The Morgan fingerprint density at radius 2 is 1.76 bits per heavy atom. The van der Waals surface area contributed by atoms with E-state index in [-0.39, 0.29) is 48.4 Å². The van der Waals surface area contributed by atoms with E-state index >= 15 is 0 Å². The Morgan fingerprint density at radius 3 is 2.29 bits per heavy atom. The molecule has 11 nitrogen and oxygen atoms in total. The number of carbonyl (C=O) groups is 4. The van der Waals surface area contributed by atoms with Gasteiger partial charge < -0.3 is 35.9 Å². The number of hydrogen-bond acceptors (Lipinski definition) is 10. The van der Waals surface area contributed by atoms with Gasteiger partial charge >= 0.3 is 0 Å². The second kappa shape index (κ2) is 9.25. The number of benzene rings is 1. The molecule has 0 aromatic heterocycles. The number of phenolic OH excluding ortho intramolecular Hbond substituents is 1. The van der Waals surface area contributed by atoms with Gasteiger partial charge in [0.2, 0.25) is 5.78 Å². The lowest BCUT2D eigenvalue weighted by Gasteiger charge is -2.50. The smallest absolute Gasteiger partial charge is 0.255 e. The first kappa shape index (κ1) is 27.3. The molecule has 1 fully saturated rings. The number of ketones is 3. The van der Waals surface area contributed by atoms with E-state index in [2.05, 4.69) is 0 Å². The van der Waals surface area contributed by atoms with Crippen molar-refractivity contribution in [3.8, 4) is 5.75 Å². The van der Waals surface area contributed by atoms with Gasteiger partial charge in [-0.2, -0.15) is 0 Å². The Hall–Kier alpha value is -3.70. The van der Waals surface area contributed by atoms with Gasteiger partial charge in [0.1, 0.15) is 28.6 Å². The van der Waals surface area contributed by atoms with Crippen molar-refractivity contribution in [1.29, 1.82) is 0 Å². The molecule has 1 aromatic carbocycles. The summed E-state index contributed by atoms with van der Waals surface area (Å²) in [5, 5.41) is 45.2. The van der Waals surface area contributed by atoms with Crippen molar-refractivity contribution in [1.82, 2.24) is 4.90 Å². The van der Waals surface area contributed by atoms with Gasteiger partial charge in [0.25, 0.3) is 5.91 Å². The second-order valence-corrected chi connectivity index (χ2v) is 10.8. The molecule has 1 saturated carbocycles. The molecule has 38 heavy (non-hydrogen) atoms. The predicted octanol–water partition coefficient (Wildman–Crippen LogP) is 0.552. The Morgan fingerprint density at radius 1 is 1.13 bits per heavy atom. The highest BCUT2D eigenvalue weighted by Gasteiger charge is 2.64. The van der Waals surface area contributed by atoms with Crippen LogP contribution in [0, 0.1) is 11.8 Å². The first-order valence-electron chi connectivity index (χ1n) is 12.3. The van der Waals surface area contributed by atoms with Crippen molar-refractivity contribution >= 4 is 34.7 Å². The van der Waals surface area contributed by atoms with Crippen molar-refractivity contribution < 1.29 is 39.6 Å². The molecule has 0 radical (unpaired) electrons. The molecule has 4 rings (SSSR count). The average molecular weight is 528 g/mol. The summed E-state index contributed by atoms with van der Waals surface area (Å²) in [4.78, 5) is 54.1. The number of primary amides is 1. The van der Waals surface area contributed by atoms with Crippen LogP contribution in [0.25, 0.3) is 5.76 Å². The van der Waals surface area contributed by atoms with Crippen molar-refractivity contribution in [2.24, 2.45) is 17.6 Å². The number of fused-ring (bicyclic) bond motifs is 3. The molecule has 6 N–H and O–H groups in total. The topological polar surface area (TPSA) is 182 Å². The van der Waals surface area contributed by atoms with Crippen molar-refractivity contribution in [3.05, 3.63) is 39.7 Å². The Kier molecular flexibility index (Phi) is 6.65. The normalized spacial score (nSPS) is 26.8. The van der Waals surface area contributed by atoms with Gasteiger partial charge in [-0.1, -0.05) is 0 Å². The van der Waals surface area contributed by atoms with Gasteiger partial charge in [0, 0.05) is 37.7 Å². The highest BCUT2D eigenvalue weighted by Crippen LogP contribution is 2.54. The SMILES string of the molecule is CC(=O)CCc1cc(N(C)C)c2c(c1O)C(O)=C1C(=O)[C@]3(O)C(O)=C(C(N)=O)C(=O)[C@H](N(C)C)C3CC1C2. The molecule has 0 aliphatic heterocycles. The molecule has 204 valence electrons. The number of anilines is 1. The molecule has 11 heteroatoms. The van der Waals surface area contributed by atoms with E-state index in [1.807, 2.05) is 0 Å².